The molecule has 1 aliphatic rings. The average molecular weight is 247 g/mol. The van der Waals surface area contributed by atoms with E-state index in [0.717, 1.165) is 0 Å². The van der Waals surface area contributed by atoms with E-state index >= 15 is 0 Å². The molecule has 0 aromatic heterocycles. The molecule has 1 N–H and O–H groups in total. The van der Waals surface area contributed by atoms with E-state index in [1.165, 1.54) is 49.5 Å². The van der Waals surface area contributed by atoms with Crippen LogP contribution in [-0.2, 0) is 22.4 Å². The van der Waals surface area contributed by atoms with Gasteiger partial charge in [0.05, 0.1) is 6.04 Å². The van der Waals surface area contributed by atoms with Gasteiger partial charge >= 0.3 is 0 Å². The van der Waals surface area contributed by atoms with Crippen LogP contribution in [0.4, 0.5) is 0 Å². The number of nitrogens with one attached hydrogen (secondary N) is 1. The molecular weight excluding hydrogens is 226 g/mol. The monoisotopic (exact) mass is 247 g/mol. The minimum absolute atomic E-state index is 0.0416. The second-order valence-corrected chi connectivity index (χ2v) is 4.96. The first kappa shape index (κ1) is 13.1. The molecule has 1 aromatic rings. The van der Waals surface area contributed by atoms with E-state index in [1.54, 1.807) is 0 Å². The van der Waals surface area contributed by atoms with Crippen molar-refractivity contribution >= 4 is 5.91 Å². The van der Waals surface area contributed by atoms with Crippen molar-refractivity contribution in [3.05, 3.63) is 34.9 Å². The number of aryl methyl sites for hydroxylation is 2. The number of methoxy groups -OCH3 is 1. The van der Waals surface area contributed by atoms with E-state index in [1.807, 2.05) is 6.92 Å². The summed E-state index contributed by atoms with van der Waals surface area (Å²) in [5.74, 6) is -0.0669. The van der Waals surface area contributed by atoms with E-state index in [4.69, 9.17) is 4.74 Å². The molecule has 1 atom stereocenters. The molecule has 3 nitrogen and oxygen atoms in total. The second kappa shape index (κ2) is 6.01. The summed E-state index contributed by atoms with van der Waals surface area (Å²) in [7, 11) is 1.53. The molecule has 0 saturated carbocycles. The second-order valence-electron chi connectivity index (χ2n) is 4.96. The van der Waals surface area contributed by atoms with E-state index in [-0.39, 0.29) is 18.6 Å². The van der Waals surface area contributed by atoms with Crippen LogP contribution < -0.4 is 5.32 Å². The number of carbonyl (C=O) groups excluding carboxylic acids is 1. The molecule has 98 valence electrons. The van der Waals surface area contributed by atoms with Crippen molar-refractivity contribution in [3.63, 3.8) is 0 Å². The zero-order valence-electron chi connectivity index (χ0n) is 11.2. The number of benzene rings is 1. The zero-order valence-corrected chi connectivity index (χ0v) is 11.2. The van der Waals surface area contributed by atoms with Gasteiger partial charge in [-0.15, -0.1) is 0 Å². The van der Waals surface area contributed by atoms with Crippen molar-refractivity contribution in [2.24, 2.45) is 0 Å². The van der Waals surface area contributed by atoms with Crippen LogP contribution in [0.2, 0.25) is 0 Å². The summed E-state index contributed by atoms with van der Waals surface area (Å²) >= 11 is 0. The molecule has 0 bridgehead atoms. The first-order chi connectivity index (χ1) is 8.70. The summed E-state index contributed by atoms with van der Waals surface area (Å²) < 4.78 is 4.82. The van der Waals surface area contributed by atoms with E-state index < -0.39 is 0 Å². The standard InChI is InChI=1S/C15H21NO2/c1-11(16-15(17)10-18-2)13-8-7-12-5-3-4-6-14(12)9-13/h7-9,11H,3-6,10H2,1-2H3,(H,16,17)/t11-/m1/s1. The lowest BCUT2D eigenvalue weighted by Gasteiger charge is -2.20. The average Bonchev–Trinajstić information content (AvgIpc) is 2.38. The van der Waals surface area contributed by atoms with Crippen LogP contribution in [0, 0.1) is 0 Å². The van der Waals surface area contributed by atoms with Crippen molar-refractivity contribution in [2.75, 3.05) is 13.7 Å². The van der Waals surface area contributed by atoms with Crippen molar-refractivity contribution in [1.82, 2.24) is 5.32 Å². The Hall–Kier alpha value is -1.35. The molecule has 1 aromatic carbocycles. The number of amides is 1. The van der Waals surface area contributed by atoms with Crippen LogP contribution in [0.5, 0.6) is 0 Å². The SMILES string of the molecule is COCC(=O)N[C@H](C)c1ccc2c(c1)CCCC2. The highest BCUT2D eigenvalue weighted by Gasteiger charge is 2.13. The molecule has 3 heteroatoms. The molecule has 0 radical (unpaired) electrons. The highest BCUT2D eigenvalue weighted by molar-refractivity contribution is 5.77. The molecule has 0 aliphatic heterocycles. The maximum atomic E-state index is 11.5. The number of hydrogen-bond donors (Lipinski definition) is 1. The van der Waals surface area contributed by atoms with Gasteiger partial charge in [0.2, 0.25) is 5.91 Å². The maximum Gasteiger partial charge on any atom is 0.246 e. The maximum absolute atomic E-state index is 11.5. The van der Waals surface area contributed by atoms with Gasteiger partial charge in [-0.2, -0.15) is 0 Å². The third-order valence-corrected chi connectivity index (χ3v) is 3.53. The lowest BCUT2D eigenvalue weighted by Crippen LogP contribution is -2.29. The quantitative estimate of drug-likeness (QED) is 0.887. The Kier molecular flexibility index (Phi) is 4.37. The van der Waals surface area contributed by atoms with Crippen LogP contribution >= 0.6 is 0 Å². The van der Waals surface area contributed by atoms with E-state index in [0.29, 0.717) is 0 Å². The molecule has 0 heterocycles. The fourth-order valence-corrected chi connectivity index (χ4v) is 2.52. The number of rotatable bonds is 4. The van der Waals surface area contributed by atoms with Crippen LogP contribution in [0.25, 0.3) is 0 Å². The van der Waals surface area contributed by atoms with Crippen molar-refractivity contribution in [2.45, 2.75) is 38.6 Å². The topological polar surface area (TPSA) is 38.3 Å². The summed E-state index contributed by atoms with van der Waals surface area (Å²) in [6.07, 6.45) is 4.94. The fraction of sp³-hybridized carbons (Fsp3) is 0.533. The third-order valence-electron chi connectivity index (χ3n) is 3.53. The van der Waals surface area contributed by atoms with E-state index in [9.17, 15) is 4.79 Å². The van der Waals surface area contributed by atoms with Crippen LogP contribution in [-0.4, -0.2) is 19.6 Å². The highest BCUT2D eigenvalue weighted by atomic mass is 16.5. The summed E-state index contributed by atoms with van der Waals surface area (Å²) in [6, 6.07) is 6.62. The minimum Gasteiger partial charge on any atom is -0.375 e. The minimum atomic E-state index is -0.0669. The zero-order chi connectivity index (χ0) is 13.0. The van der Waals surface area contributed by atoms with Gasteiger partial charge in [0.15, 0.2) is 0 Å². The molecular formula is C15H21NO2. The Balaban J connectivity index is 2.06. The van der Waals surface area contributed by atoms with E-state index in [2.05, 4.69) is 23.5 Å². The van der Waals surface area contributed by atoms with Crippen LogP contribution in [0.1, 0.15) is 42.5 Å². The van der Waals surface area contributed by atoms with Gasteiger partial charge in [-0.1, -0.05) is 18.2 Å². The third kappa shape index (κ3) is 3.10. The Morgan fingerprint density at radius 1 is 1.33 bits per heavy atom. The summed E-state index contributed by atoms with van der Waals surface area (Å²) in [4.78, 5) is 11.5. The van der Waals surface area contributed by atoms with Crippen LogP contribution in [0.15, 0.2) is 18.2 Å². The molecule has 0 fully saturated rings. The van der Waals surface area contributed by atoms with Crippen molar-refractivity contribution < 1.29 is 9.53 Å². The van der Waals surface area contributed by atoms with Crippen LogP contribution in [0.3, 0.4) is 0 Å². The predicted molar refractivity (Wildman–Crippen MR) is 71.5 cm³/mol. The summed E-state index contributed by atoms with van der Waals surface area (Å²) in [6.45, 7) is 2.13. The molecule has 1 aliphatic carbocycles. The predicted octanol–water partition coefficient (Wildman–Crippen LogP) is 2.39. The number of fused-ring (bicyclic) bond motifs is 1. The van der Waals surface area contributed by atoms with Gasteiger partial charge in [-0.3, -0.25) is 4.79 Å². The Morgan fingerprint density at radius 3 is 2.78 bits per heavy atom. The fourth-order valence-electron chi connectivity index (χ4n) is 2.52. The van der Waals surface area contributed by atoms with Gasteiger partial charge in [-0.25, -0.2) is 0 Å². The summed E-state index contributed by atoms with van der Waals surface area (Å²) in [5, 5.41) is 2.94. The number of hydrogen-bond acceptors (Lipinski definition) is 2. The summed E-state index contributed by atoms with van der Waals surface area (Å²) in [5.41, 5.74) is 4.10. The highest BCUT2D eigenvalue weighted by Crippen LogP contribution is 2.24. The lowest BCUT2D eigenvalue weighted by atomic mass is 9.89. The smallest absolute Gasteiger partial charge is 0.246 e. The van der Waals surface area contributed by atoms with Gasteiger partial charge in [0, 0.05) is 7.11 Å². The van der Waals surface area contributed by atoms with Gasteiger partial charge < -0.3 is 10.1 Å². The normalized spacial score (nSPS) is 15.9. The first-order valence-corrected chi connectivity index (χ1v) is 6.60. The Morgan fingerprint density at radius 2 is 2.06 bits per heavy atom. The first-order valence-electron chi connectivity index (χ1n) is 6.60. The number of carbonyl (C=O) groups is 1. The number of ether oxygens (including phenoxy) is 1. The lowest BCUT2D eigenvalue weighted by molar-refractivity contribution is -0.125. The van der Waals surface area contributed by atoms with Crippen molar-refractivity contribution in [1.29, 1.82) is 0 Å². The molecule has 2 rings (SSSR count). The van der Waals surface area contributed by atoms with Gasteiger partial charge in [0.25, 0.3) is 0 Å². The Labute approximate surface area is 109 Å². The molecule has 0 unspecified atom stereocenters. The Bertz CT molecular complexity index is 429. The van der Waals surface area contributed by atoms with Crippen molar-refractivity contribution in [3.8, 4) is 0 Å². The molecule has 1 amide bonds. The largest absolute Gasteiger partial charge is 0.375 e. The molecule has 0 spiro atoms. The molecule has 18 heavy (non-hydrogen) atoms. The van der Waals surface area contributed by atoms with Gasteiger partial charge in [0.1, 0.15) is 6.61 Å². The van der Waals surface area contributed by atoms with Gasteiger partial charge in [-0.05, 0) is 49.3 Å². The molecule has 0 saturated heterocycles.